The number of benzene rings is 1. The average Bonchev–Trinajstić information content (AvgIpc) is 3.02. The molecule has 2 heteroatoms. The fraction of sp³-hybridized carbons (Fsp3) is 0.600. The van der Waals surface area contributed by atoms with Crippen molar-refractivity contribution in [2.45, 2.75) is 52.1 Å². The normalized spacial score (nSPS) is 17.9. The van der Waals surface area contributed by atoms with Crippen LogP contribution in [0.3, 0.4) is 0 Å². The topological polar surface area (TPSA) is 9.23 Å². The molecule has 0 heterocycles. The monoisotopic (exact) mass is 236 g/mol. The van der Waals surface area contributed by atoms with Crippen molar-refractivity contribution in [1.29, 1.82) is 0 Å². The van der Waals surface area contributed by atoms with E-state index >= 15 is 0 Å². The zero-order valence-corrected chi connectivity index (χ0v) is 11.1. The molecule has 94 valence electrons. The van der Waals surface area contributed by atoms with Crippen molar-refractivity contribution in [1.82, 2.24) is 0 Å². The largest absolute Gasteiger partial charge is 0.487 e. The van der Waals surface area contributed by atoms with Crippen LogP contribution in [0.5, 0.6) is 5.75 Å². The number of hydrogen-bond donors (Lipinski definition) is 0. The van der Waals surface area contributed by atoms with Gasteiger partial charge in [0.05, 0.1) is 6.10 Å². The van der Waals surface area contributed by atoms with E-state index in [1.807, 2.05) is 19.1 Å². The molecule has 0 saturated heterocycles. The highest BCUT2D eigenvalue weighted by Crippen LogP contribution is 2.36. The van der Waals surface area contributed by atoms with Gasteiger partial charge in [-0.1, -0.05) is 26.8 Å². The summed E-state index contributed by atoms with van der Waals surface area (Å²) < 4.78 is 19.4. The summed E-state index contributed by atoms with van der Waals surface area (Å²) in [5.41, 5.74) is 1.13. The van der Waals surface area contributed by atoms with Gasteiger partial charge in [-0.25, -0.2) is 4.39 Å². The summed E-state index contributed by atoms with van der Waals surface area (Å²) in [6, 6.07) is 5.19. The lowest BCUT2D eigenvalue weighted by Crippen LogP contribution is -2.16. The molecule has 2 rings (SSSR count). The lowest BCUT2D eigenvalue weighted by molar-refractivity contribution is 0.189. The number of ether oxygens (including phenoxy) is 1. The van der Waals surface area contributed by atoms with E-state index in [2.05, 4.69) is 20.8 Å². The summed E-state index contributed by atoms with van der Waals surface area (Å²) in [4.78, 5) is 0. The van der Waals surface area contributed by atoms with Crippen LogP contribution in [0.25, 0.3) is 0 Å². The van der Waals surface area contributed by atoms with Gasteiger partial charge in [-0.2, -0.15) is 0 Å². The lowest BCUT2D eigenvalue weighted by Gasteiger charge is -2.21. The molecule has 0 aromatic heterocycles. The van der Waals surface area contributed by atoms with E-state index in [1.165, 1.54) is 18.9 Å². The van der Waals surface area contributed by atoms with Gasteiger partial charge in [-0.3, -0.25) is 0 Å². The Labute approximate surface area is 103 Å². The highest BCUT2D eigenvalue weighted by molar-refractivity contribution is 5.34. The summed E-state index contributed by atoms with van der Waals surface area (Å²) in [7, 11) is 0. The quantitative estimate of drug-likeness (QED) is 0.760. The molecule has 1 aliphatic rings. The smallest absolute Gasteiger partial charge is 0.165 e. The first-order valence-corrected chi connectivity index (χ1v) is 6.34. The number of halogens is 1. The van der Waals surface area contributed by atoms with Crippen LogP contribution in [0.1, 0.15) is 46.1 Å². The van der Waals surface area contributed by atoms with E-state index in [0.29, 0.717) is 11.7 Å². The number of hydrogen-bond acceptors (Lipinski definition) is 1. The zero-order chi connectivity index (χ0) is 12.6. The van der Waals surface area contributed by atoms with Crippen LogP contribution >= 0.6 is 0 Å². The molecule has 0 bridgehead atoms. The van der Waals surface area contributed by atoms with Crippen LogP contribution in [-0.2, 0) is 5.41 Å². The maximum absolute atomic E-state index is 13.7. The second-order valence-electron chi connectivity index (χ2n) is 6.06. The van der Waals surface area contributed by atoms with Crippen LogP contribution in [-0.4, -0.2) is 6.10 Å². The Morgan fingerprint density at radius 2 is 1.94 bits per heavy atom. The van der Waals surface area contributed by atoms with Crippen molar-refractivity contribution in [2.24, 2.45) is 5.92 Å². The van der Waals surface area contributed by atoms with Gasteiger partial charge in [0, 0.05) is 0 Å². The van der Waals surface area contributed by atoms with Crippen LogP contribution in [0.15, 0.2) is 18.2 Å². The van der Waals surface area contributed by atoms with Gasteiger partial charge in [0.1, 0.15) is 0 Å². The van der Waals surface area contributed by atoms with Gasteiger partial charge in [0.25, 0.3) is 0 Å². The first-order valence-electron chi connectivity index (χ1n) is 6.34. The van der Waals surface area contributed by atoms with Crippen LogP contribution in [0, 0.1) is 11.7 Å². The third-order valence-corrected chi connectivity index (χ3v) is 3.40. The van der Waals surface area contributed by atoms with E-state index in [-0.39, 0.29) is 17.3 Å². The molecule has 1 atom stereocenters. The molecule has 0 spiro atoms. The summed E-state index contributed by atoms with van der Waals surface area (Å²) in [5, 5.41) is 0. The standard InChI is InChI=1S/C15H21FO/c1-10(11-5-6-11)17-14-9-12(15(2,3)4)7-8-13(14)16/h7-11H,5-6H2,1-4H3. The molecular weight excluding hydrogens is 215 g/mol. The zero-order valence-electron chi connectivity index (χ0n) is 11.1. The van der Waals surface area contributed by atoms with E-state index in [9.17, 15) is 4.39 Å². The Bertz CT molecular complexity index is 402. The second-order valence-corrected chi connectivity index (χ2v) is 6.06. The van der Waals surface area contributed by atoms with Crippen molar-refractivity contribution in [3.8, 4) is 5.75 Å². The minimum Gasteiger partial charge on any atom is -0.487 e. The summed E-state index contributed by atoms with van der Waals surface area (Å²) in [6.45, 7) is 8.39. The Balaban J connectivity index is 2.19. The Hall–Kier alpha value is -1.05. The van der Waals surface area contributed by atoms with E-state index in [0.717, 1.165) is 5.56 Å². The number of rotatable bonds is 3. The molecule has 1 saturated carbocycles. The minimum absolute atomic E-state index is 0.0224. The molecule has 1 aromatic carbocycles. The molecule has 17 heavy (non-hydrogen) atoms. The Kier molecular flexibility index (Phi) is 3.15. The first kappa shape index (κ1) is 12.4. The van der Waals surface area contributed by atoms with Gasteiger partial charge < -0.3 is 4.74 Å². The van der Waals surface area contributed by atoms with Gasteiger partial charge in [0.2, 0.25) is 0 Å². The Morgan fingerprint density at radius 3 is 2.47 bits per heavy atom. The van der Waals surface area contributed by atoms with Crippen molar-refractivity contribution < 1.29 is 9.13 Å². The maximum Gasteiger partial charge on any atom is 0.165 e. The van der Waals surface area contributed by atoms with Crippen molar-refractivity contribution >= 4 is 0 Å². The summed E-state index contributed by atoms with van der Waals surface area (Å²) in [5.74, 6) is 0.759. The lowest BCUT2D eigenvalue weighted by atomic mass is 9.87. The molecule has 0 aliphatic heterocycles. The van der Waals surface area contributed by atoms with Crippen molar-refractivity contribution in [2.75, 3.05) is 0 Å². The maximum atomic E-state index is 13.7. The molecule has 0 amide bonds. The predicted molar refractivity (Wildman–Crippen MR) is 67.9 cm³/mol. The van der Waals surface area contributed by atoms with Crippen LogP contribution < -0.4 is 4.74 Å². The van der Waals surface area contributed by atoms with Crippen LogP contribution in [0.2, 0.25) is 0 Å². The molecule has 1 aliphatic carbocycles. The van der Waals surface area contributed by atoms with Crippen molar-refractivity contribution in [3.05, 3.63) is 29.6 Å². The summed E-state index contributed by atoms with van der Waals surface area (Å²) >= 11 is 0. The second kappa shape index (κ2) is 4.32. The van der Waals surface area contributed by atoms with Gasteiger partial charge in [0.15, 0.2) is 11.6 Å². The SMILES string of the molecule is CC(Oc1cc(C(C)(C)C)ccc1F)C1CC1. The fourth-order valence-electron chi connectivity index (χ4n) is 1.92. The van der Waals surface area contributed by atoms with Gasteiger partial charge in [-0.15, -0.1) is 0 Å². The van der Waals surface area contributed by atoms with E-state index in [4.69, 9.17) is 4.74 Å². The minimum atomic E-state index is -0.259. The van der Waals surface area contributed by atoms with Crippen molar-refractivity contribution in [3.63, 3.8) is 0 Å². The van der Waals surface area contributed by atoms with E-state index in [1.54, 1.807) is 0 Å². The van der Waals surface area contributed by atoms with E-state index < -0.39 is 0 Å². The third-order valence-electron chi connectivity index (χ3n) is 3.40. The molecule has 1 aromatic rings. The molecule has 0 radical (unpaired) electrons. The Morgan fingerprint density at radius 1 is 1.29 bits per heavy atom. The predicted octanol–water partition coefficient (Wildman–Crippen LogP) is 4.30. The molecule has 0 N–H and O–H groups in total. The molecule has 1 fully saturated rings. The third kappa shape index (κ3) is 2.99. The van der Waals surface area contributed by atoms with Gasteiger partial charge >= 0.3 is 0 Å². The highest BCUT2D eigenvalue weighted by Gasteiger charge is 2.30. The summed E-state index contributed by atoms with van der Waals surface area (Å²) in [6.07, 6.45) is 2.54. The molecule has 1 unspecified atom stereocenters. The molecule has 1 nitrogen and oxygen atoms in total. The molecular formula is C15H21FO. The average molecular weight is 236 g/mol. The fourth-order valence-corrected chi connectivity index (χ4v) is 1.92. The van der Waals surface area contributed by atoms with Gasteiger partial charge in [-0.05, 0) is 48.8 Å². The van der Waals surface area contributed by atoms with Crippen LogP contribution in [0.4, 0.5) is 4.39 Å². The first-order chi connectivity index (χ1) is 7.88. The highest BCUT2D eigenvalue weighted by atomic mass is 19.1.